The van der Waals surface area contributed by atoms with Crippen molar-refractivity contribution >= 4 is 31.9 Å². The van der Waals surface area contributed by atoms with Crippen LogP contribution < -0.4 is 0 Å². The number of halogens is 3. The molecule has 18 heavy (non-hydrogen) atoms. The second kappa shape index (κ2) is 5.93. The molecule has 0 bridgehead atoms. The number of alkyl halides is 1. The molecule has 1 unspecified atom stereocenters. The van der Waals surface area contributed by atoms with Crippen molar-refractivity contribution in [1.82, 2.24) is 4.98 Å². The van der Waals surface area contributed by atoms with Crippen LogP contribution in [0.4, 0.5) is 4.39 Å². The molecule has 0 aliphatic heterocycles. The van der Waals surface area contributed by atoms with Gasteiger partial charge in [-0.15, -0.1) is 0 Å². The van der Waals surface area contributed by atoms with Gasteiger partial charge < -0.3 is 0 Å². The Balaban J connectivity index is 2.22. The first-order valence-corrected chi connectivity index (χ1v) is 7.28. The summed E-state index contributed by atoms with van der Waals surface area (Å²) in [7, 11) is 0. The van der Waals surface area contributed by atoms with Gasteiger partial charge in [0.25, 0.3) is 0 Å². The molecule has 2 rings (SSSR count). The molecule has 0 radical (unpaired) electrons. The highest BCUT2D eigenvalue weighted by Crippen LogP contribution is 2.34. The molecule has 0 aliphatic rings. The zero-order valence-corrected chi connectivity index (χ0v) is 13.0. The Morgan fingerprint density at radius 1 is 1.28 bits per heavy atom. The first-order chi connectivity index (χ1) is 8.58. The molecule has 1 nitrogen and oxygen atoms in total. The topological polar surface area (TPSA) is 12.9 Å². The van der Waals surface area contributed by atoms with Gasteiger partial charge in [-0.05, 0) is 30.7 Å². The molecule has 1 aromatic heterocycles. The predicted octanol–water partition coefficient (Wildman–Crippen LogP) is 4.97. The van der Waals surface area contributed by atoms with Gasteiger partial charge in [0.05, 0.1) is 0 Å². The number of rotatable bonds is 3. The molecule has 1 heterocycles. The summed E-state index contributed by atoms with van der Waals surface area (Å²) in [5, 5.41) is 0. The summed E-state index contributed by atoms with van der Waals surface area (Å²) in [4.78, 5) is 4.24. The van der Waals surface area contributed by atoms with Gasteiger partial charge in [-0.25, -0.2) is 4.39 Å². The van der Waals surface area contributed by atoms with Crippen LogP contribution in [-0.4, -0.2) is 4.98 Å². The molecule has 94 valence electrons. The number of nitrogens with zero attached hydrogens (tertiary/aromatic N) is 1. The fourth-order valence-electron chi connectivity index (χ4n) is 1.71. The van der Waals surface area contributed by atoms with Crippen molar-refractivity contribution in [3.63, 3.8) is 0 Å². The summed E-state index contributed by atoms with van der Waals surface area (Å²) < 4.78 is 14.6. The first-order valence-electron chi connectivity index (χ1n) is 5.57. The number of aromatic nitrogens is 1. The van der Waals surface area contributed by atoms with Crippen LogP contribution >= 0.6 is 31.9 Å². The van der Waals surface area contributed by atoms with Crippen LogP contribution in [-0.2, 0) is 6.42 Å². The quantitative estimate of drug-likeness (QED) is 0.693. The highest BCUT2D eigenvalue weighted by molar-refractivity contribution is 9.11. The Morgan fingerprint density at radius 2 is 2.06 bits per heavy atom. The van der Waals surface area contributed by atoms with Crippen molar-refractivity contribution in [3.8, 4) is 0 Å². The van der Waals surface area contributed by atoms with Gasteiger partial charge in [-0.3, -0.25) is 4.98 Å². The minimum atomic E-state index is -0.210. The standard InChI is InChI=1S/C14H12Br2FN/c1-9-5-6-10(18-8-9)7-12(16)14-11(15)3-2-4-13(14)17/h2-6,8,12H,7H2,1H3. The Labute approximate surface area is 123 Å². The fraction of sp³-hybridized carbons (Fsp3) is 0.214. The van der Waals surface area contributed by atoms with E-state index in [1.807, 2.05) is 31.3 Å². The minimum absolute atomic E-state index is 0.0942. The van der Waals surface area contributed by atoms with Gasteiger partial charge in [0.1, 0.15) is 5.82 Å². The van der Waals surface area contributed by atoms with Gasteiger partial charge in [0.15, 0.2) is 0 Å². The normalized spacial score (nSPS) is 12.4. The van der Waals surface area contributed by atoms with E-state index in [1.54, 1.807) is 6.07 Å². The molecule has 4 heteroatoms. The Kier molecular flexibility index (Phi) is 4.51. The van der Waals surface area contributed by atoms with Crippen molar-refractivity contribution < 1.29 is 4.39 Å². The van der Waals surface area contributed by atoms with Crippen LogP contribution in [0.25, 0.3) is 0 Å². The highest BCUT2D eigenvalue weighted by Gasteiger charge is 2.16. The summed E-state index contributed by atoms with van der Waals surface area (Å²) >= 11 is 6.92. The first kappa shape index (κ1) is 13.7. The van der Waals surface area contributed by atoms with E-state index in [0.717, 1.165) is 15.7 Å². The minimum Gasteiger partial charge on any atom is -0.261 e. The summed E-state index contributed by atoms with van der Waals surface area (Å²) in [5.41, 5.74) is 2.70. The molecule has 0 spiro atoms. The second-order valence-electron chi connectivity index (χ2n) is 4.13. The van der Waals surface area contributed by atoms with E-state index in [9.17, 15) is 4.39 Å². The SMILES string of the molecule is Cc1ccc(CC(Br)c2c(F)cccc2Br)nc1. The largest absolute Gasteiger partial charge is 0.261 e. The summed E-state index contributed by atoms with van der Waals surface area (Å²) in [5.74, 6) is -0.210. The van der Waals surface area contributed by atoms with E-state index in [-0.39, 0.29) is 10.6 Å². The molecule has 0 aliphatic carbocycles. The molecule has 1 atom stereocenters. The highest BCUT2D eigenvalue weighted by atomic mass is 79.9. The molecular weight excluding hydrogens is 361 g/mol. The predicted molar refractivity (Wildman–Crippen MR) is 78.4 cm³/mol. The maximum atomic E-state index is 13.8. The van der Waals surface area contributed by atoms with Crippen LogP contribution in [0.15, 0.2) is 41.0 Å². The number of benzene rings is 1. The molecule has 0 saturated heterocycles. The van der Waals surface area contributed by atoms with Gasteiger partial charge in [0, 0.05) is 33.2 Å². The molecular formula is C14H12Br2FN. The molecule has 1 aromatic carbocycles. The van der Waals surface area contributed by atoms with Gasteiger partial charge >= 0.3 is 0 Å². The molecule has 2 aromatic rings. The monoisotopic (exact) mass is 371 g/mol. The maximum absolute atomic E-state index is 13.8. The average Bonchev–Trinajstić information content (AvgIpc) is 2.32. The smallest absolute Gasteiger partial charge is 0.128 e. The third kappa shape index (κ3) is 3.18. The Morgan fingerprint density at radius 3 is 2.67 bits per heavy atom. The van der Waals surface area contributed by atoms with Crippen LogP contribution in [0.1, 0.15) is 21.6 Å². The van der Waals surface area contributed by atoms with Crippen molar-refractivity contribution in [3.05, 3.63) is 63.6 Å². The summed E-state index contributed by atoms with van der Waals surface area (Å²) in [6.45, 7) is 2.00. The van der Waals surface area contributed by atoms with Crippen molar-refractivity contribution in [2.24, 2.45) is 0 Å². The Bertz CT molecular complexity index is 520. The summed E-state index contributed by atoms with van der Waals surface area (Å²) in [6, 6.07) is 8.98. The van der Waals surface area contributed by atoms with E-state index in [2.05, 4.69) is 36.8 Å². The number of aryl methyl sites for hydroxylation is 1. The molecule has 0 fully saturated rings. The van der Waals surface area contributed by atoms with E-state index >= 15 is 0 Å². The maximum Gasteiger partial charge on any atom is 0.128 e. The van der Waals surface area contributed by atoms with Crippen LogP contribution in [0, 0.1) is 12.7 Å². The van der Waals surface area contributed by atoms with Crippen LogP contribution in [0.2, 0.25) is 0 Å². The molecule has 0 N–H and O–H groups in total. The Hall–Kier alpha value is -0.740. The lowest BCUT2D eigenvalue weighted by Gasteiger charge is -2.13. The van der Waals surface area contributed by atoms with Crippen molar-refractivity contribution in [2.75, 3.05) is 0 Å². The van der Waals surface area contributed by atoms with E-state index < -0.39 is 0 Å². The summed E-state index contributed by atoms with van der Waals surface area (Å²) in [6.07, 6.45) is 2.48. The lowest BCUT2D eigenvalue weighted by Crippen LogP contribution is -2.01. The second-order valence-corrected chi connectivity index (χ2v) is 6.09. The van der Waals surface area contributed by atoms with E-state index in [4.69, 9.17) is 0 Å². The zero-order valence-electron chi connectivity index (χ0n) is 9.83. The van der Waals surface area contributed by atoms with E-state index in [0.29, 0.717) is 12.0 Å². The van der Waals surface area contributed by atoms with E-state index in [1.165, 1.54) is 6.07 Å². The number of hydrogen-bond donors (Lipinski definition) is 0. The lowest BCUT2D eigenvalue weighted by molar-refractivity contribution is 0.606. The third-order valence-electron chi connectivity index (χ3n) is 2.67. The van der Waals surface area contributed by atoms with Crippen molar-refractivity contribution in [2.45, 2.75) is 18.2 Å². The average molecular weight is 373 g/mol. The van der Waals surface area contributed by atoms with Gasteiger partial charge in [-0.1, -0.05) is 44.0 Å². The zero-order chi connectivity index (χ0) is 13.1. The lowest BCUT2D eigenvalue weighted by atomic mass is 10.1. The van der Waals surface area contributed by atoms with Crippen LogP contribution in [0.5, 0.6) is 0 Å². The number of pyridine rings is 1. The number of hydrogen-bond acceptors (Lipinski definition) is 1. The molecule has 0 amide bonds. The van der Waals surface area contributed by atoms with Crippen molar-refractivity contribution in [1.29, 1.82) is 0 Å². The van der Waals surface area contributed by atoms with Gasteiger partial charge in [-0.2, -0.15) is 0 Å². The fourth-order valence-corrected chi connectivity index (χ4v) is 3.44. The molecule has 0 saturated carbocycles. The third-order valence-corrected chi connectivity index (χ3v) is 4.15. The van der Waals surface area contributed by atoms with Gasteiger partial charge in [0.2, 0.25) is 0 Å². The van der Waals surface area contributed by atoms with Crippen LogP contribution in [0.3, 0.4) is 0 Å².